The van der Waals surface area contributed by atoms with Crippen LogP contribution in [-0.2, 0) is 9.59 Å². The normalized spacial score (nSPS) is 21.9. The maximum atomic E-state index is 11.9. The standard InChI is InChI=1S/C9H14F2N2O2/c1-2-3-13-8(14)4-6(9(13)15)12-5-7(10)11/h6-7,12H,2-5H2,1H3. The van der Waals surface area contributed by atoms with Crippen molar-refractivity contribution in [1.82, 2.24) is 10.2 Å². The summed E-state index contributed by atoms with van der Waals surface area (Å²) in [5.41, 5.74) is 0. The van der Waals surface area contributed by atoms with Gasteiger partial charge in [0, 0.05) is 6.54 Å². The van der Waals surface area contributed by atoms with Gasteiger partial charge >= 0.3 is 0 Å². The monoisotopic (exact) mass is 220 g/mol. The van der Waals surface area contributed by atoms with Gasteiger partial charge in [-0.25, -0.2) is 8.78 Å². The van der Waals surface area contributed by atoms with E-state index in [0.29, 0.717) is 13.0 Å². The van der Waals surface area contributed by atoms with Gasteiger partial charge in [0.05, 0.1) is 19.0 Å². The van der Waals surface area contributed by atoms with E-state index < -0.39 is 19.0 Å². The van der Waals surface area contributed by atoms with Crippen LogP contribution >= 0.6 is 0 Å². The maximum Gasteiger partial charge on any atom is 0.250 e. The summed E-state index contributed by atoms with van der Waals surface area (Å²) in [6.07, 6.45) is -1.84. The molecular formula is C9H14F2N2O2. The van der Waals surface area contributed by atoms with Gasteiger partial charge in [0.25, 0.3) is 6.43 Å². The Hall–Kier alpha value is -1.04. The zero-order valence-corrected chi connectivity index (χ0v) is 8.50. The van der Waals surface area contributed by atoms with Gasteiger partial charge in [-0.15, -0.1) is 0 Å². The average Bonchev–Trinajstić information content (AvgIpc) is 2.43. The largest absolute Gasteiger partial charge is 0.300 e. The van der Waals surface area contributed by atoms with Crippen LogP contribution in [0.25, 0.3) is 0 Å². The van der Waals surface area contributed by atoms with E-state index in [1.165, 1.54) is 0 Å². The number of halogens is 2. The molecule has 1 rings (SSSR count). The molecule has 4 nitrogen and oxygen atoms in total. The van der Waals surface area contributed by atoms with Crippen LogP contribution in [0.5, 0.6) is 0 Å². The Morgan fingerprint density at radius 3 is 2.73 bits per heavy atom. The zero-order chi connectivity index (χ0) is 11.4. The highest BCUT2D eigenvalue weighted by Crippen LogP contribution is 2.13. The third-order valence-corrected chi connectivity index (χ3v) is 2.21. The van der Waals surface area contributed by atoms with Crippen molar-refractivity contribution in [2.24, 2.45) is 0 Å². The summed E-state index contributed by atoms with van der Waals surface area (Å²) in [5, 5.41) is 2.39. The predicted octanol–water partition coefficient (Wildman–Crippen LogP) is 0.379. The lowest BCUT2D eigenvalue weighted by atomic mass is 10.2. The molecule has 1 heterocycles. The SMILES string of the molecule is CCCN1C(=O)CC(NCC(F)F)C1=O. The number of alkyl halides is 2. The summed E-state index contributed by atoms with van der Waals surface area (Å²) in [4.78, 5) is 24.0. The van der Waals surface area contributed by atoms with Gasteiger partial charge < -0.3 is 0 Å². The van der Waals surface area contributed by atoms with Gasteiger partial charge in [0.15, 0.2) is 0 Å². The highest BCUT2D eigenvalue weighted by Gasteiger charge is 2.37. The van der Waals surface area contributed by atoms with Crippen molar-refractivity contribution in [3.8, 4) is 0 Å². The molecule has 0 aromatic carbocycles. The van der Waals surface area contributed by atoms with Crippen LogP contribution in [0.3, 0.4) is 0 Å². The lowest BCUT2D eigenvalue weighted by molar-refractivity contribution is -0.138. The minimum absolute atomic E-state index is 0.00838. The minimum atomic E-state index is -2.51. The van der Waals surface area contributed by atoms with Crippen LogP contribution in [0.4, 0.5) is 8.78 Å². The number of hydrogen-bond donors (Lipinski definition) is 1. The van der Waals surface area contributed by atoms with Gasteiger partial charge in [-0.2, -0.15) is 0 Å². The highest BCUT2D eigenvalue weighted by atomic mass is 19.3. The molecule has 86 valence electrons. The van der Waals surface area contributed by atoms with E-state index in [9.17, 15) is 18.4 Å². The second-order valence-corrected chi connectivity index (χ2v) is 3.44. The fourth-order valence-electron chi connectivity index (χ4n) is 1.53. The molecule has 2 amide bonds. The third kappa shape index (κ3) is 2.95. The third-order valence-electron chi connectivity index (χ3n) is 2.21. The fraction of sp³-hybridized carbons (Fsp3) is 0.778. The molecule has 15 heavy (non-hydrogen) atoms. The molecule has 0 aliphatic carbocycles. The topological polar surface area (TPSA) is 49.4 Å². The first-order valence-corrected chi connectivity index (χ1v) is 4.92. The lowest BCUT2D eigenvalue weighted by Gasteiger charge is -2.13. The average molecular weight is 220 g/mol. The first kappa shape index (κ1) is 12.0. The van der Waals surface area contributed by atoms with E-state index in [4.69, 9.17) is 0 Å². The van der Waals surface area contributed by atoms with Crippen molar-refractivity contribution in [2.75, 3.05) is 13.1 Å². The summed E-state index contributed by atoms with van der Waals surface area (Å²) in [6, 6.07) is -0.766. The number of carbonyl (C=O) groups excluding carboxylic acids is 2. The molecule has 1 atom stereocenters. The van der Waals surface area contributed by atoms with Crippen LogP contribution in [-0.4, -0.2) is 42.3 Å². The molecule has 1 aliphatic heterocycles. The Morgan fingerprint density at radius 2 is 2.20 bits per heavy atom. The zero-order valence-electron chi connectivity index (χ0n) is 8.50. The summed E-state index contributed by atoms with van der Waals surface area (Å²) in [5.74, 6) is -0.670. The van der Waals surface area contributed by atoms with E-state index in [2.05, 4.69) is 5.32 Å². The molecule has 1 aliphatic rings. The molecule has 1 saturated heterocycles. The molecule has 0 aromatic rings. The number of hydrogen-bond acceptors (Lipinski definition) is 3. The quantitative estimate of drug-likeness (QED) is 0.681. The molecule has 1 unspecified atom stereocenters. The molecule has 0 aromatic heterocycles. The Labute approximate surface area is 86.6 Å². The van der Waals surface area contributed by atoms with Crippen molar-refractivity contribution in [1.29, 1.82) is 0 Å². The van der Waals surface area contributed by atoms with Gasteiger partial charge in [0.1, 0.15) is 0 Å². The molecule has 0 radical (unpaired) electrons. The van der Waals surface area contributed by atoms with Crippen molar-refractivity contribution < 1.29 is 18.4 Å². The Bertz CT molecular complexity index is 258. The molecule has 0 bridgehead atoms. The Kier molecular flexibility index (Phi) is 4.14. The molecule has 6 heteroatoms. The van der Waals surface area contributed by atoms with Crippen molar-refractivity contribution in [3.05, 3.63) is 0 Å². The summed E-state index contributed by atoms with van der Waals surface area (Å²) in [7, 11) is 0. The molecule has 1 N–H and O–H groups in total. The number of nitrogens with one attached hydrogen (secondary N) is 1. The molecular weight excluding hydrogens is 206 g/mol. The van der Waals surface area contributed by atoms with Crippen LogP contribution in [0.2, 0.25) is 0 Å². The van der Waals surface area contributed by atoms with Crippen molar-refractivity contribution in [3.63, 3.8) is 0 Å². The van der Waals surface area contributed by atoms with E-state index in [-0.39, 0.29) is 18.2 Å². The molecule has 1 fully saturated rings. The van der Waals surface area contributed by atoms with Gasteiger partial charge in [-0.05, 0) is 6.42 Å². The molecule has 0 saturated carbocycles. The number of carbonyl (C=O) groups is 2. The van der Waals surface area contributed by atoms with E-state index >= 15 is 0 Å². The smallest absolute Gasteiger partial charge is 0.250 e. The van der Waals surface area contributed by atoms with Gasteiger partial charge in [0.2, 0.25) is 11.8 Å². The molecule has 0 spiro atoms. The van der Waals surface area contributed by atoms with Crippen LogP contribution in [0.15, 0.2) is 0 Å². The highest BCUT2D eigenvalue weighted by molar-refractivity contribution is 6.05. The van der Waals surface area contributed by atoms with Gasteiger partial charge in [-0.3, -0.25) is 19.8 Å². The van der Waals surface area contributed by atoms with Gasteiger partial charge in [-0.1, -0.05) is 6.92 Å². The Morgan fingerprint density at radius 1 is 1.53 bits per heavy atom. The van der Waals surface area contributed by atoms with E-state index in [1.807, 2.05) is 6.92 Å². The Balaban J connectivity index is 2.49. The number of rotatable bonds is 5. The predicted molar refractivity (Wildman–Crippen MR) is 49.4 cm³/mol. The van der Waals surface area contributed by atoms with Crippen LogP contribution < -0.4 is 5.32 Å². The second-order valence-electron chi connectivity index (χ2n) is 3.44. The summed E-state index contributed by atoms with van der Waals surface area (Å²) in [6.45, 7) is 1.66. The number of likely N-dealkylation sites (tertiary alicyclic amines) is 1. The summed E-state index contributed by atoms with van der Waals surface area (Å²) >= 11 is 0. The number of amides is 2. The lowest BCUT2D eigenvalue weighted by Crippen LogP contribution is -2.40. The van der Waals surface area contributed by atoms with Crippen LogP contribution in [0, 0.1) is 0 Å². The number of imide groups is 1. The van der Waals surface area contributed by atoms with Crippen molar-refractivity contribution >= 4 is 11.8 Å². The minimum Gasteiger partial charge on any atom is -0.300 e. The number of nitrogens with zero attached hydrogens (tertiary/aromatic N) is 1. The summed E-state index contributed by atoms with van der Waals surface area (Å²) < 4.78 is 23.8. The van der Waals surface area contributed by atoms with E-state index in [1.54, 1.807) is 0 Å². The maximum absolute atomic E-state index is 11.9. The second kappa shape index (κ2) is 5.16. The first-order valence-electron chi connectivity index (χ1n) is 4.92. The first-order chi connectivity index (χ1) is 7.06. The van der Waals surface area contributed by atoms with Crippen molar-refractivity contribution in [2.45, 2.75) is 32.2 Å². The van der Waals surface area contributed by atoms with Crippen LogP contribution in [0.1, 0.15) is 19.8 Å². The fourth-order valence-corrected chi connectivity index (χ4v) is 1.53. The van der Waals surface area contributed by atoms with E-state index in [0.717, 1.165) is 4.90 Å².